The summed E-state index contributed by atoms with van der Waals surface area (Å²) < 4.78 is 203. The van der Waals surface area contributed by atoms with E-state index in [1.165, 1.54) is 0 Å². The van der Waals surface area contributed by atoms with Crippen molar-refractivity contribution >= 4 is 0 Å². The second kappa shape index (κ2) is 8.86. The molecule has 0 bridgehead atoms. The van der Waals surface area contributed by atoms with Gasteiger partial charge in [0.1, 0.15) is 0 Å². The van der Waals surface area contributed by atoms with Crippen LogP contribution in [0.4, 0.5) is 70.2 Å². The summed E-state index contributed by atoms with van der Waals surface area (Å²) in [4.78, 5) is 3.78. The fourth-order valence-corrected chi connectivity index (χ4v) is 0.894. The highest BCUT2D eigenvalue weighted by molar-refractivity contribution is 4.99. The lowest BCUT2D eigenvalue weighted by molar-refractivity contribution is -0.652. The molecule has 0 spiro atoms. The van der Waals surface area contributed by atoms with Gasteiger partial charge in [0, 0.05) is 0 Å². The van der Waals surface area contributed by atoms with Crippen molar-refractivity contribution in [3.05, 3.63) is 11.9 Å². The first kappa shape index (κ1) is 28.4. The predicted octanol–water partition coefficient (Wildman–Crippen LogP) is 5.39. The van der Waals surface area contributed by atoms with Crippen LogP contribution >= 0.6 is 0 Å². The minimum absolute atomic E-state index is 1.77. The van der Waals surface area contributed by atoms with Crippen LogP contribution in [0.3, 0.4) is 0 Å². The van der Waals surface area contributed by atoms with Gasteiger partial charge in [-0.05, 0) is 0 Å². The van der Waals surface area contributed by atoms with Crippen LogP contribution in [0.25, 0.3) is 0 Å². The highest BCUT2D eigenvalue weighted by Gasteiger charge is 2.61. The third-order valence-corrected chi connectivity index (χ3v) is 1.61. The number of halogens is 16. The highest BCUT2D eigenvalue weighted by Crippen LogP contribution is 2.41. The summed E-state index contributed by atoms with van der Waals surface area (Å²) in [6.07, 6.45) is -42.7. The van der Waals surface area contributed by atoms with Crippen molar-refractivity contribution in [3.63, 3.8) is 0 Å². The van der Waals surface area contributed by atoms with Crippen LogP contribution < -0.4 is 0 Å². The van der Waals surface area contributed by atoms with E-state index in [0.717, 1.165) is 0 Å². The summed E-state index contributed by atoms with van der Waals surface area (Å²) in [6.45, 7) is 0. The van der Waals surface area contributed by atoms with Crippen LogP contribution in [-0.4, -0.2) is 37.6 Å². The van der Waals surface area contributed by atoms with Crippen LogP contribution in [0.5, 0.6) is 0 Å². The summed E-state index contributed by atoms with van der Waals surface area (Å²) in [5, 5.41) is 0. The van der Waals surface area contributed by atoms with Crippen molar-refractivity contribution in [2.45, 2.75) is 37.6 Å². The van der Waals surface area contributed by atoms with Crippen molar-refractivity contribution < 1.29 is 99.0 Å². The molecule has 6 nitrogen and oxygen atoms in total. The minimum atomic E-state index is -6.70. The highest BCUT2D eigenvalue weighted by atomic mass is 19.4. The molecule has 0 aromatic carbocycles. The quantitative estimate of drug-likeness (QED) is 0.166. The first-order valence-electron chi connectivity index (χ1n) is 5.73. The zero-order valence-corrected chi connectivity index (χ0v) is 12.5. The van der Waals surface area contributed by atoms with Gasteiger partial charge in [0.25, 0.3) is 5.83 Å². The molecule has 0 aliphatic heterocycles. The Kier molecular flexibility index (Phi) is 8.38. The summed E-state index contributed by atoms with van der Waals surface area (Å²) in [5.41, 5.74) is 0. The second-order valence-corrected chi connectivity index (χ2v) is 3.97. The molecule has 0 aliphatic carbocycles. The normalized spacial score (nSPS) is 14.8. The van der Waals surface area contributed by atoms with Crippen molar-refractivity contribution in [3.8, 4) is 0 Å². The van der Waals surface area contributed by atoms with Crippen LogP contribution in [0.1, 0.15) is 0 Å². The molecule has 0 rings (SSSR count). The van der Waals surface area contributed by atoms with Gasteiger partial charge in [-0.1, -0.05) is 0 Å². The van der Waals surface area contributed by atoms with Gasteiger partial charge >= 0.3 is 43.7 Å². The predicted molar refractivity (Wildman–Crippen MR) is 47.6 cm³/mol. The lowest BCUT2D eigenvalue weighted by Crippen LogP contribution is -2.47. The van der Waals surface area contributed by atoms with E-state index in [-0.39, 0.29) is 0 Å². The second-order valence-electron chi connectivity index (χ2n) is 3.97. The molecule has 0 heterocycles. The van der Waals surface area contributed by atoms with E-state index < -0.39 is 49.6 Å². The molecule has 0 aliphatic rings. The van der Waals surface area contributed by atoms with E-state index in [1.807, 2.05) is 19.2 Å². The number of ether oxygens (including phenoxy) is 4. The maximum absolute atomic E-state index is 12.7. The van der Waals surface area contributed by atoms with Gasteiger partial charge in [-0.15, -0.1) is 58.1 Å². The van der Waals surface area contributed by atoms with Crippen LogP contribution in [-0.2, 0) is 28.7 Å². The molecular weight excluding hydrogens is 496 g/mol. The molecule has 0 aromatic rings. The van der Waals surface area contributed by atoms with Crippen LogP contribution in [0.15, 0.2) is 11.9 Å². The molecule has 0 radical (unpaired) electrons. The first-order chi connectivity index (χ1) is 12.9. The topological polar surface area (TPSA) is 55.4 Å². The van der Waals surface area contributed by atoms with Crippen molar-refractivity contribution in [1.82, 2.24) is 0 Å². The lowest BCUT2D eigenvalue weighted by atomic mass is 10.5. The molecule has 0 N–H and O–H groups in total. The van der Waals surface area contributed by atoms with E-state index in [9.17, 15) is 70.2 Å². The van der Waals surface area contributed by atoms with E-state index in [2.05, 4.69) is 0 Å². The molecule has 22 heteroatoms. The fraction of sp³-hybridized carbons (Fsp3) is 0.750. The summed E-state index contributed by atoms with van der Waals surface area (Å²) >= 11 is 0. The van der Waals surface area contributed by atoms with E-state index in [1.54, 1.807) is 9.47 Å². The Morgan fingerprint density at radius 1 is 0.433 bits per heavy atom. The van der Waals surface area contributed by atoms with Gasteiger partial charge in [0.15, 0.2) is 0 Å². The van der Waals surface area contributed by atoms with Gasteiger partial charge in [-0.2, -0.15) is 22.0 Å². The average Bonchev–Trinajstić information content (AvgIpc) is 2.38. The molecule has 0 atom stereocenters. The molecule has 30 heavy (non-hydrogen) atoms. The number of alkyl halides is 13. The van der Waals surface area contributed by atoms with Gasteiger partial charge in [0.05, 0.1) is 0 Å². The Bertz CT molecular complexity index is 609. The third-order valence-electron chi connectivity index (χ3n) is 1.61. The van der Waals surface area contributed by atoms with E-state index in [4.69, 9.17) is 0 Å². The van der Waals surface area contributed by atoms with Gasteiger partial charge in [-0.3, -0.25) is 0 Å². The van der Waals surface area contributed by atoms with Gasteiger partial charge in [-0.25, -0.2) is 18.9 Å². The maximum atomic E-state index is 12.7. The average molecular weight is 496 g/mol. The molecular formula is C8F16O6. The number of hydrogen-bond donors (Lipinski definition) is 0. The third kappa shape index (κ3) is 11.0. The number of hydrogen-bond acceptors (Lipinski definition) is 6. The summed E-state index contributed by atoms with van der Waals surface area (Å²) in [5.74, 6) is -4.06. The molecule has 180 valence electrons. The zero-order chi connectivity index (χ0) is 24.4. The fourth-order valence-electron chi connectivity index (χ4n) is 0.894. The van der Waals surface area contributed by atoms with Gasteiger partial charge in [0.2, 0.25) is 0 Å². The van der Waals surface area contributed by atoms with Crippen molar-refractivity contribution in [1.29, 1.82) is 0 Å². The monoisotopic (exact) mass is 496 g/mol. The molecule has 0 saturated carbocycles. The largest absolute Gasteiger partial charge is 0.549 e. The van der Waals surface area contributed by atoms with Crippen molar-refractivity contribution in [2.24, 2.45) is 0 Å². The van der Waals surface area contributed by atoms with Crippen LogP contribution in [0, 0.1) is 0 Å². The van der Waals surface area contributed by atoms with E-state index in [0.29, 0.717) is 0 Å². The maximum Gasteiger partial charge on any atom is 0.549 e. The number of rotatable bonds is 11. The molecule has 0 unspecified atom stereocenters. The molecule has 0 saturated heterocycles. The summed E-state index contributed by atoms with van der Waals surface area (Å²) in [7, 11) is 0. The minimum Gasteiger partial charge on any atom is -0.223 e. The Morgan fingerprint density at radius 2 is 0.767 bits per heavy atom. The Balaban J connectivity index is 5.21. The van der Waals surface area contributed by atoms with Crippen LogP contribution in [0.2, 0.25) is 0 Å². The molecule has 0 aromatic heterocycles. The van der Waals surface area contributed by atoms with E-state index >= 15 is 0 Å². The summed E-state index contributed by atoms with van der Waals surface area (Å²) in [6, 6.07) is 0. The van der Waals surface area contributed by atoms with Gasteiger partial charge < -0.3 is 0 Å². The molecule has 0 fully saturated rings. The zero-order valence-electron chi connectivity index (χ0n) is 12.5. The first-order valence-corrected chi connectivity index (χ1v) is 5.73. The Labute approximate surface area is 150 Å². The smallest absolute Gasteiger partial charge is 0.223 e. The SMILES string of the molecule is FC(F)=C(F)C(F)(F)OC(F)(F)OC(F)(F)OC(F)(F)OC(F)(F)OOC(F)(F)F. The van der Waals surface area contributed by atoms with Crippen molar-refractivity contribution in [2.75, 3.05) is 0 Å². The lowest BCUT2D eigenvalue weighted by Gasteiger charge is -2.28. The Hall–Kier alpha value is -1.62. The Morgan fingerprint density at radius 3 is 1.10 bits per heavy atom. The standard InChI is InChI=1S/C8F16O6/c9-1(2(10)11)3(12,13)25-5(17,18)26-6(19,20)27-7(21,22)28-8(23,24)30-29-4(14,15)16. The molecule has 0 amide bonds.